The number of aliphatic hydroxyl groups excluding tert-OH is 1. The topological polar surface area (TPSA) is 118 Å². The molecular formula is C29H27F3N2O6S. The van der Waals surface area contributed by atoms with Gasteiger partial charge in [-0.05, 0) is 60.9 Å². The van der Waals surface area contributed by atoms with Crippen molar-refractivity contribution in [1.82, 2.24) is 10.3 Å². The van der Waals surface area contributed by atoms with Crippen LogP contribution in [0, 0.1) is 0 Å². The van der Waals surface area contributed by atoms with E-state index in [4.69, 9.17) is 0 Å². The Morgan fingerprint density at radius 3 is 2.51 bits per heavy atom. The number of hydrogen-bond acceptors (Lipinski definition) is 7. The fourth-order valence-corrected chi connectivity index (χ4v) is 5.31. The van der Waals surface area contributed by atoms with Gasteiger partial charge in [-0.2, -0.15) is 0 Å². The Labute approximate surface area is 237 Å². The van der Waals surface area contributed by atoms with E-state index < -0.39 is 41.7 Å². The van der Waals surface area contributed by atoms with Gasteiger partial charge in [0, 0.05) is 28.4 Å². The number of ether oxygens (including phenoxy) is 2. The van der Waals surface area contributed by atoms with Crippen LogP contribution in [0.5, 0.6) is 5.75 Å². The third-order valence-corrected chi connectivity index (χ3v) is 7.59. The normalized spacial score (nSPS) is 13.0. The molecule has 1 atom stereocenters. The molecule has 0 radical (unpaired) electrons. The Balaban J connectivity index is 1.61. The molecule has 2 aromatic heterocycles. The fourth-order valence-electron chi connectivity index (χ4n) is 4.34. The number of nitrogens with one attached hydrogen (secondary N) is 2. The van der Waals surface area contributed by atoms with Gasteiger partial charge in [0.2, 0.25) is 0 Å². The SMILES string of the molecule is COC(=O)CCC(=O)c1ccc(-c2ccc(OC(F)(F)F)c(C(=O)NC(C)(CO)Cc3c[nH]c4ccccc34)c2)s1. The van der Waals surface area contributed by atoms with Crippen LogP contribution >= 0.6 is 11.3 Å². The molecule has 4 aromatic rings. The van der Waals surface area contributed by atoms with Crippen LogP contribution in [0.15, 0.2) is 60.8 Å². The highest BCUT2D eigenvalue weighted by atomic mass is 32.1. The average molecular weight is 589 g/mol. The number of halogens is 3. The molecule has 0 bridgehead atoms. The van der Waals surface area contributed by atoms with Gasteiger partial charge in [0.05, 0.1) is 36.1 Å². The second kappa shape index (κ2) is 12.1. The minimum Gasteiger partial charge on any atom is -0.469 e. The summed E-state index contributed by atoms with van der Waals surface area (Å²) < 4.78 is 48.3. The molecule has 0 fully saturated rings. The average Bonchev–Trinajstić information content (AvgIpc) is 3.59. The molecule has 1 unspecified atom stereocenters. The number of rotatable bonds is 11. The van der Waals surface area contributed by atoms with E-state index in [1.165, 1.54) is 19.2 Å². The number of thiophene rings is 1. The largest absolute Gasteiger partial charge is 0.573 e. The Morgan fingerprint density at radius 2 is 1.80 bits per heavy atom. The highest BCUT2D eigenvalue weighted by Crippen LogP contribution is 2.35. The van der Waals surface area contributed by atoms with Gasteiger partial charge in [-0.15, -0.1) is 24.5 Å². The van der Waals surface area contributed by atoms with Crippen molar-refractivity contribution in [1.29, 1.82) is 0 Å². The van der Waals surface area contributed by atoms with E-state index in [0.717, 1.165) is 33.9 Å². The predicted octanol–water partition coefficient (Wildman–Crippen LogP) is 5.65. The first-order chi connectivity index (χ1) is 19.4. The summed E-state index contributed by atoms with van der Waals surface area (Å²) in [5, 5.41) is 13.8. The number of methoxy groups -OCH3 is 1. The maximum atomic E-state index is 13.4. The molecule has 0 saturated carbocycles. The highest BCUT2D eigenvalue weighted by molar-refractivity contribution is 7.17. The summed E-state index contributed by atoms with van der Waals surface area (Å²) in [7, 11) is 1.22. The lowest BCUT2D eigenvalue weighted by Crippen LogP contribution is -2.50. The zero-order valence-electron chi connectivity index (χ0n) is 22.1. The number of aromatic amines is 1. The quantitative estimate of drug-likeness (QED) is 0.154. The van der Waals surface area contributed by atoms with Gasteiger partial charge in [0.1, 0.15) is 5.75 Å². The van der Waals surface area contributed by atoms with Crippen LogP contribution in [0.25, 0.3) is 21.3 Å². The molecular weight excluding hydrogens is 561 g/mol. The van der Waals surface area contributed by atoms with Crippen molar-refractivity contribution in [3.63, 3.8) is 0 Å². The molecule has 4 rings (SSSR count). The molecule has 1 amide bonds. The van der Waals surface area contributed by atoms with Gasteiger partial charge in [-0.1, -0.05) is 18.2 Å². The van der Waals surface area contributed by atoms with E-state index in [2.05, 4.69) is 19.8 Å². The van der Waals surface area contributed by atoms with E-state index in [1.807, 2.05) is 24.3 Å². The molecule has 2 heterocycles. The van der Waals surface area contributed by atoms with E-state index in [0.29, 0.717) is 15.3 Å². The number of amides is 1. The molecule has 0 aliphatic carbocycles. The van der Waals surface area contributed by atoms with Crippen molar-refractivity contribution in [2.24, 2.45) is 0 Å². The monoisotopic (exact) mass is 588 g/mol. The number of carbonyl (C=O) groups is 3. The molecule has 41 heavy (non-hydrogen) atoms. The summed E-state index contributed by atoms with van der Waals surface area (Å²) >= 11 is 1.07. The molecule has 12 heteroatoms. The summed E-state index contributed by atoms with van der Waals surface area (Å²) in [6.45, 7) is 1.10. The van der Waals surface area contributed by atoms with E-state index in [9.17, 15) is 32.7 Å². The van der Waals surface area contributed by atoms with Crippen molar-refractivity contribution in [2.75, 3.05) is 13.7 Å². The van der Waals surface area contributed by atoms with Crippen LogP contribution in [0.1, 0.15) is 45.4 Å². The molecule has 0 spiro atoms. The summed E-state index contributed by atoms with van der Waals surface area (Å²) in [5.74, 6) is -2.41. The zero-order chi connectivity index (χ0) is 29.8. The molecule has 0 saturated heterocycles. The van der Waals surface area contributed by atoms with E-state index >= 15 is 0 Å². The van der Waals surface area contributed by atoms with Crippen LogP contribution in [0.4, 0.5) is 13.2 Å². The summed E-state index contributed by atoms with van der Waals surface area (Å²) in [4.78, 5) is 41.2. The first kappa shape index (κ1) is 29.8. The second-order valence-corrected chi connectivity index (χ2v) is 10.7. The molecule has 216 valence electrons. The van der Waals surface area contributed by atoms with Crippen molar-refractivity contribution in [3.05, 3.63) is 76.8 Å². The standard InChI is InChI=1S/C29H27F3N2O6S/c1-28(16-35,14-18-15-33-21-6-4-3-5-19(18)21)34-27(38)20-13-17(7-9-23(20)40-29(30,31)32)24-10-11-25(41-24)22(36)8-12-26(37)39-2/h3-7,9-11,13,15,33,35H,8,12,14,16H2,1-2H3,(H,34,38). The first-order valence-corrected chi connectivity index (χ1v) is 13.3. The predicted molar refractivity (Wildman–Crippen MR) is 147 cm³/mol. The lowest BCUT2D eigenvalue weighted by Gasteiger charge is -2.29. The lowest BCUT2D eigenvalue weighted by atomic mass is 9.92. The smallest absolute Gasteiger partial charge is 0.469 e. The number of aliphatic hydroxyl groups is 1. The van der Waals surface area contributed by atoms with Crippen molar-refractivity contribution < 1.29 is 42.1 Å². The Kier molecular flexibility index (Phi) is 8.83. The number of aromatic nitrogens is 1. The van der Waals surface area contributed by atoms with Gasteiger partial charge in [0.15, 0.2) is 5.78 Å². The Hall–Kier alpha value is -4.16. The number of Topliss-reactive ketones (excluding diaryl/α,β-unsaturated/α-hetero) is 1. The third kappa shape index (κ3) is 7.33. The number of hydrogen-bond donors (Lipinski definition) is 3. The van der Waals surface area contributed by atoms with Crippen molar-refractivity contribution in [3.8, 4) is 16.2 Å². The number of benzene rings is 2. The summed E-state index contributed by atoms with van der Waals surface area (Å²) in [5.41, 5.74) is 0.424. The third-order valence-electron chi connectivity index (χ3n) is 6.42. The second-order valence-electron chi connectivity index (χ2n) is 9.63. The minimum absolute atomic E-state index is 0.0607. The Morgan fingerprint density at radius 1 is 1.05 bits per heavy atom. The first-order valence-electron chi connectivity index (χ1n) is 12.5. The van der Waals surface area contributed by atoms with Crippen LogP contribution < -0.4 is 10.1 Å². The highest BCUT2D eigenvalue weighted by Gasteiger charge is 2.35. The number of ketones is 1. The van der Waals surface area contributed by atoms with E-state index in [1.54, 1.807) is 25.3 Å². The van der Waals surface area contributed by atoms with Gasteiger partial charge < -0.3 is 24.9 Å². The maximum absolute atomic E-state index is 13.4. The van der Waals surface area contributed by atoms with Crippen molar-refractivity contribution in [2.45, 2.75) is 38.1 Å². The molecule has 0 aliphatic heterocycles. The zero-order valence-corrected chi connectivity index (χ0v) is 22.9. The maximum Gasteiger partial charge on any atom is 0.573 e. The van der Waals surface area contributed by atoms with Gasteiger partial charge in [-0.25, -0.2) is 0 Å². The summed E-state index contributed by atoms with van der Waals surface area (Å²) in [6, 6.07) is 14.3. The summed E-state index contributed by atoms with van der Waals surface area (Å²) in [6.07, 6.45) is -3.25. The number of esters is 1. The lowest BCUT2D eigenvalue weighted by molar-refractivity contribution is -0.274. The van der Waals surface area contributed by atoms with Gasteiger partial charge >= 0.3 is 12.3 Å². The molecule has 8 nitrogen and oxygen atoms in total. The van der Waals surface area contributed by atoms with Crippen LogP contribution in [-0.2, 0) is 16.0 Å². The van der Waals surface area contributed by atoms with Crippen LogP contribution in [0.3, 0.4) is 0 Å². The van der Waals surface area contributed by atoms with Crippen LogP contribution in [0.2, 0.25) is 0 Å². The van der Waals surface area contributed by atoms with E-state index in [-0.39, 0.29) is 25.0 Å². The molecule has 3 N–H and O–H groups in total. The van der Waals surface area contributed by atoms with Gasteiger partial charge in [0.25, 0.3) is 5.91 Å². The number of alkyl halides is 3. The molecule has 0 aliphatic rings. The number of para-hydroxylation sites is 1. The fraction of sp³-hybridized carbons (Fsp3) is 0.276. The van der Waals surface area contributed by atoms with Crippen LogP contribution in [-0.4, -0.2) is 53.4 Å². The Bertz CT molecular complexity index is 1580. The van der Waals surface area contributed by atoms with Gasteiger partial charge in [-0.3, -0.25) is 14.4 Å². The number of carbonyl (C=O) groups excluding carboxylic acids is 3. The van der Waals surface area contributed by atoms with Crippen molar-refractivity contribution >= 4 is 39.9 Å². The number of H-pyrrole nitrogens is 1. The minimum atomic E-state index is -5.05. The number of fused-ring (bicyclic) bond motifs is 1. The molecule has 2 aromatic carbocycles.